The van der Waals surface area contributed by atoms with Crippen molar-refractivity contribution in [1.29, 1.82) is 0 Å². The lowest BCUT2D eigenvalue weighted by Gasteiger charge is -2.06. The number of aromatic nitrogens is 2. The van der Waals surface area contributed by atoms with E-state index >= 15 is 0 Å². The number of benzene rings is 2. The summed E-state index contributed by atoms with van der Waals surface area (Å²) in [5.41, 5.74) is 16.1. The zero-order valence-corrected chi connectivity index (χ0v) is 19.7. The van der Waals surface area contributed by atoms with Gasteiger partial charge in [-0.05, 0) is 16.6 Å². The van der Waals surface area contributed by atoms with E-state index in [0.717, 1.165) is 16.2 Å². The number of H-pyrrole nitrogens is 1. The van der Waals surface area contributed by atoms with Crippen LogP contribution < -0.4 is 33.2 Å². The molecule has 0 unspecified atom stereocenters. The second-order valence-corrected chi connectivity index (χ2v) is 7.18. The Hall–Kier alpha value is -5.23. The van der Waals surface area contributed by atoms with Crippen molar-refractivity contribution in [2.24, 2.45) is 27.0 Å². The topological polar surface area (TPSA) is 284 Å². The van der Waals surface area contributed by atoms with Crippen LogP contribution in [0, 0.1) is 4.91 Å². The summed E-state index contributed by atoms with van der Waals surface area (Å²) >= 11 is 0. The first-order valence-corrected chi connectivity index (χ1v) is 10.6. The highest BCUT2D eigenvalue weighted by molar-refractivity contribution is 6.00. The van der Waals surface area contributed by atoms with Crippen LogP contribution in [0.25, 0.3) is 21.5 Å². The van der Waals surface area contributed by atoms with Crippen molar-refractivity contribution in [3.63, 3.8) is 0 Å². The van der Waals surface area contributed by atoms with Crippen LogP contribution in [0.1, 0.15) is 0 Å². The van der Waals surface area contributed by atoms with Gasteiger partial charge in [0.05, 0.1) is 13.1 Å². The summed E-state index contributed by atoms with van der Waals surface area (Å²) in [5.74, 6) is 1.25. The van der Waals surface area contributed by atoms with E-state index < -0.39 is 0 Å². The summed E-state index contributed by atoms with van der Waals surface area (Å²) in [6, 6.07) is 16.2. The SMILES string of the molecule is N/C(CNC/C(N)=N\O)=N\O.O=Nc1[nH]c(NO)c2ccccc12.ONc1cc2ccccc2c(NO)n1. The van der Waals surface area contributed by atoms with Crippen LogP contribution in [0.3, 0.4) is 0 Å². The molecule has 0 saturated heterocycles. The molecule has 4 rings (SSSR count). The third-order valence-electron chi connectivity index (χ3n) is 4.73. The number of rotatable bonds is 8. The number of pyridine rings is 1. The van der Waals surface area contributed by atoms with E-state index in [4.69, 9.17) is 37.5 Å². The van der Waals surface area contributed by atoms with Gasteiger partial charge in [-0.25, -0.2) is 4.98 Å². The number of hydrogen-bond donors (Lipinski definition) is 12. The minimum atomic E-state index is 0.0377. The molecule has 0 aliphatic carbocycles. The van der Waals surface area contributed by atoms with E-state index in [-0.39, 0.29) is 36.4 Å². The molecule has 0 aliphatic rings. The van der Waals surface area contributed by atoms with Crippen LogP contribution in [0.2, 0.25) is 0 Å². The third-order valence-corrected chi connectivity index (χ3v) is 4.73. The maximum Gasteiger partial charge on any atom is 0.184 e. The molecule has 0 radical (unpaired) electrons. The number of nitrogens with two attached hydrogens (primary N) is 2. The van der Waals surface area contributed by atoms with Gasteiger partial charge >= 0.3 is 0 Å². The highest BCUT2D eigenvalue weighted by Crippen LogP contribution is 2.31. The van der Waals surface area contributed by atoms with E-state index in [9.17, 15) is 4.91 Å². The van der Waals surface area contributed by atoms with Crippen LogP contribution in [-0.2, 0) is 0 Å². The van der Waals surface area contributed by atoms with Crippen LogP contribution in [0.5, 0.6) is 0 Å². The van der Waals surface area contributed by atoms with Crippen LogP contribution in [0.15, 0.2) is 70.1 Å². The lowest BCUT2D eigenvalue weighted by atomic mass is 10.1. The average molecular weight is 530 g/mol. The molecule has 17 nitrogen and oxygen atoms in total. The van der Waals surface area contributed by atoms with Crippen molar-refractivity contribution < 1.29 is 26.0 Å². The normalized spacial score (nSPS) is 11.1. The summed E-state index contributed by atoms with van der Waals surface area (Å²) in [5, 5.41) is 56.3. The Balaban J connectivity index is 0.000000202. The zero-order chi connectivity index (χ0) is 27.9. The molecular formula is C21H27N11O6. The Morgan fingerprint density at radius 1 is 0.842 bits per heavy atom. The van der Waals surface area contributed by atoms with Gasteiger partial charge < -0.3 is 32.2 Å². The summed E-state index contributed by atoms with van der Waals surface area (Å²) in [7, 11) is 0. The number of aromatic amines is 1. The Kier molecular flexibility index (Phi) is 11.5. The number of oxime groups is 2. The summed E-state index contributed by atoms with van der Waals surface area (Å²) in [6.07, 6.45) is 0. The summed E-state index contributed by atoms with van der Waals surface area (Å²) in [6.45, 7) is 0.374. The monoisotopic (exact) mass is 529 g/mol. The van der Waals surface area contributed by atoms with Crippen LogP contribution >= 0.6 is 0 Å². The van der Waals surface area contributed by atoms with Crippen LogP contribution in [0.4, 0.5) is 23.3 Å². The lowest BCUT2D eigenvalue weighted by molar-refractivity contribution is 0.316. The smallest absolute Gasteiger partial charge is 0.184 e. The van der Waals surface area contributed by atoms with E-state index in [1.807, 2.05) is 46.8 Å². The van der Waals surface area contributed by atoms with Gasteiger partial charge in [0.2, 0.25) is 0 Å². The van der Waals surface area contributed by atoms with Crippen molar-refractivity contribution in [1.82, 2.24) is 15.3 Å². The lowest BCUT2D eigenvalue weighted by Crippen LogP contribution is -2.35. The van der Waals surface area contributed by atoms with Crippen molar-refractivity contribution in [3.8, 4) is 0 Å². The maximum atomic E-state index is 10.4. The first kappa shape index (κ1) is 29.0. The van der Waals surface area contributed by atoms with Crippen molar-refractivity contribution >= 4 is 56.5 Å². The van der Waals surface area contributed by atoms with Gasteiger partial charge in [0.1, 0.15) is 5.82 Å². The number of hydrogen-bond acceptors (Lipinski definition) is 14. The number of nitrogens with zero attached hydrogens (tertiary/aromatic N) is 4. The molecule has 0 fully saturated rings. The number of amidine groups is 2. The molecule has 2 aromatic heterocycles. The van der Waals surface area contributed by atoms with Crippen LogP contribution in [-0.4, -0.2) is 60.8 Å². The fourth-order valence-corrected chi connectivity index (χ4v) is 3.05. The fraction of sp³-hybridized carbons (Fsp3) is 0.0952. The molecule has 0 spiro atoms. The van der Waals surface area contributed by atoms with E-state index in [1.165, 1.54) is 0 Å². The molecule has 0 saturated carbocycles. The zero-order valence-electron chi connectivity index (χ0n) is 19.7. The van der Waals surface area contributed by atoms with Gasteiger partial charge in [-0.15, -0.1) is 4.91 Å². The quantitative estimate of drug-likeness (QED) is 0.0513. The van der Waals surface area contributed by atoms with Crippen molar-refractivity contribution in [3.05, 3.63) is 59.5 Å². The average Bonchev–Trinajstić information content (AvgIpc) is 3.35. The summed E-state index contributed by atoms with van der Waals surface area (Å²) in [4.78, 5) is 16.9. The molecular weight excluding hydrogens is 502 g/mol. The predicted octanol–water partition coefficient (Wildman–Crippen LogP) is 2.27. The molecule has 0 atom stereocenters. The van der Waals surface area contributed by atoms with Gasteiger partial charge in [-0.1, -0.05) is 58.8 Å². The molecule has 0 aliphatic heterocycles. The number of anilines is 3. The maximum absolute atomic E-state index is 10.4. The van der Waals surface area contributed by atoms with Gasteiger partial charge in [-0.3, -0.25) is 32.1 Å². The molecule has 4 aromatic rings. The molecule has 0 amide bonds. The predicted molar refractivity (Wildman–Crippen MR) is 141 cm³/mol. The standard InChI is InChI=1S/C9H9N3O2.C8H7N3O2.C4H11N5O2/c13-11-8-5-6-3-1-2-4-7(6)9(10-8)12-14;12-10-7-5-3-1-2-4-6(5)8(9-7)11-13;5-3(8-10)1-7-2-4(6)9-11/h1-5,13-14H,(H2,10,11,12);1-4,9-10,12H;7,10-11H,1-2H2,(H2,5,8)(H2,6,9). The van der Waals surface area contributed by atoms with Crippen molar-refractivity contribution in [2.75, 3.05) is 29.5 Å². The first-order chi connectivity index (χ1) is 18.4. The van der Waals surface area contributed by atoms with E-state index in [0.29, 0.717) is 17.0 Å². The molecule has 2 aromatic carbocycles. The second kappa shape index (κ2) is 15.0. The first-order valence-electron chi connectivity index (χ1n) is 10.6. The second-order valence-electron chi connectivity index (χ2n) is 7.18. The Bertz CT molecular complexity index is 1370. The molecule has 14 N–H and O–H groups in total. The number of nitrogens with one attached hydrogen (secondary N) is 5. The molecule has 0 bridgehead atoms. The van der Waals surface area contributed by atoms with E-state index in [2.05, 4.69) is 30.8 Å². The van der Waals surface area contributed by atoms with Gasteiger partial charge in [0.25, 0.3) is 0 Å². The highest BCUT2D eigenvalue weighted by atomic mass is 16.5. The van der Waals surface area contributed by atoms with E-state index in [1.54, 1.807) is 24.3 Å². The Labute approximate surface area is 214 Å². The largest absolute Gasteiger partial charge is 0.409 e. The van der Waals surface area contributed by atoms with Gasteiger partial charge in [0.15, 0.2) is 29.1 Å². The summed E-state index contributed by atoms with van der Waals surface area (Å²) < 4.78 is 0. The number of fused-ring (bicyclic) bond motifs is 2. The fourth-order valence-electron chi connectivity index (χ4n) is 3.05. The Morgan fingerprint density at radius 3 is 1.95 bits per heavy atom. The number of nitroso groups, excluding NO2 is 1. The van der Waals surface area contributed by atoms with Gasteiger partial charge in [-0.2, -0.15) is 0 Å². The van der Waals surface area contributed by atoms with Crippen molar-refractivity contribution in [2.45, 2.75) is 0 Å². The van der Waals surface area contributed by atoms with Gasteiger partial charge in [0, 0.05) is 16.2 Å². The molecule has 202 valence electrons. The minimum Gasteiger partial charge on any atom is -0.409 e. The highest BCUT2D eigenvalue weighted by Gasteiger charge is 2.08. The molecule has 38 heavy (non-hydrogen) atoms. The minimum absolute atomic E-state index is 0.0377. The third kappa shape index (κ3) is 7.90. The molecule has 2 heterocycles. The molecule has 17 heteroatoms. The Morgan fingerprint density at radius 2 is 1.42 bits per heavy atom.